The number of ether oxygens (including phenoxy) is 2. The third kappa shape index (κ3) is 3.51. The summed E-state index contributed by atoms with van der Waals surface area (Å²) in [7, 11) is 3.35. The fourth-order valence-corrected chi connectivity index (χ4v) is 2.83. The molecule has 9 heteroatoms. The summed E-state index contributed by atoms with van der Waals surface area (Å²) in [5.41, 5.74) is 1.51. The minimum Gasteiger partial charge on any atom is -0.483 e. The van der Waals surface area contributed by atoms with Crippen molar-refractivity contribution in [1.82, 2.24) is 5.32 Å². The summed E-state index contributed by atoms with van der Waals surface area (Å²) in [5, 5.41) is 6.67. The highest BCUT2D eigenvalue weighted by Crippen LogP contribution is 2.36. The number of nitrogens with zero attached hydrogens (tertiary/aromatic N) is 3. The quantitative estimate of drug-likeness (QED) is 0.795. The van der Waals surface area contributed by atoms with Gasteiger partial charge in [-0.1, -0.05) is 12.1 Å². The van der Waals surface area contributed by atoms with Crippen LogP contribution in [0.4, 0.5) is 16.2 Å². The van der Waals surface area contributed by atoms with Gasteiger partial charge >= 0.3 is 6.09 Å². The number of amides is 2. The average molecular weight is 362 g/mol. The smallest absolute Gasteiger partial charge is 0.414 e. The van der Waals surface area contributed by atoms with Crippen LogP contribution in [0, 0.1) is 0 Å². The monoisotopic (exact) mass is 362 g/mol. The molecule has 140 valence electrons. The molecule has 0 unspecified atom stereocenters. The van der Waals surface area contributed by atoms with Crippen molar-refractivity contribution < 1.29 is 23.9 Å². The predicted octanol–water partition coefficient (Wildman–Crippen LogP) is 1.33. The number of fused-ring (bicyclic) bond motifs is 1. The maximum absolute atomic E-state index is 12.2. The number of carbonyl (C=O) groups excluding carboxylic acids is 2. The minimum atomic E-state index is -0.438. The molecule has 0 aromatic heterocycles. The molecule has 0 spiro atoms. The Morgan fingerprint density at radius 3 is 3.00 bits per heavy atom. The first kappa shape index (κ1) is 17.8. The molecule has 0 radical (unpaired) electrons. The third-order valence-corrected chi connectivity index (χ3v) is 4.28. The number of rotatable bonds is 5. The highest BCUT2D eigenvalue weighted by Gasteiger charge is 2.33. The lowest BCUT2D eigenvalue weighted by Crippen LogP contribution is -2.36. The number of nitrogens with one attached hydrogen (secondary N) is 1. The summed E-state index contributed by atoms with van der Waals surface area (Å²) >= 11 is 0. The Morgan fingerprint density at radius 2 is 2.27 bits per heavy atom. The number of cyclic esters (lactones) is 1. The number of carbonyl (C=O) groups is 2. The van der Waals surface area contributed by atoms with Crippen molar-refractivity contribution >= 4 is 29.2 Å². The second-order valence-corrected chi connectivity index (χ2v) is 5.96. The summed E-state index contributed by atoms with van der Waals surface area (Å²) in [5.74, 6) is 1.23. The molecule has 1 atom stereocenters. The van der Waals surface area contributed by atoms with Gasteiger partial charge in [-0.25, -0.2) is 4.79 Å². The molecule has 2 aliphatic heterocycles. The van der Waals surface area contributed by atoms with Gasteiger partial charge < -0.3 is 24.5 Å². The van der Waals surface area contributed by atoms with Crippen molar-refractivity contribution in [2.24, 2.45) is 5.16 Å². The fourth-order valence-electron chi connectivity index (χ4n) is 2.83. The molecular formula is C17H22N4O5. The van der Waals surface area contributed by atoms with Crippen LogP contribution in [0.2, 0.25) is 0 Å². The molecule has 2 heterocycles. The first-order chi connectivity index (χ1) is 12.5. The number of benzene rings is 1. The van der Waals surface area contributed by atoms with E-state index in [1.807, 2.05) is 24.1 Å². The number of amidine groups is 1. The van der Waals surface area contributed by atoms with Gasteiger partial charge in [-0.3, -0.25) is 9.69 Å². The lowest BCUT2D eigenvalue weighted by Gasteiger charge is -2.29. The summed E-state index contributed by atoms with van der Waals surface area (Å²) in [4.78, 5) is 31.8. The van der Waals surface area contributed by atoms with Gasteiger partial charge in [0, 0.05) is 19.5 Å². The van der Waals surface area contributed by atoms with Crippen molar-refractivity contribution in [2.75, 3.05) is 43.7 Å². The number of likely N-dealkylation sites (N-methyl/N-ethyl adjacent to an activating group) is 1. The van der Waals surface area contributed by atoms with E-state index in [4.69, 9.17) is 14.3 Å². The topological polar surface area (TPSA) is 92.7 Å². The molecule has 2 amide bonds. The van der Waals surface area contributed by atoms with Gasteiger partial charge in [0.15, 0.2) is 5.84 Å². The van der Waals surface area contributed by atoms with Gasteiger partial charge in [-0.05, 0) is 12.1 Å². The molecule has 3 rings (SSSR count). The molecule has 1 N–H and O–H groups in total. The standard InChI is InChI=1S/C17H22N4O5/c1-4-16(22)18-8-12-9-21(17(23)26-12)11-5-6-13-14(7-11)25-10-15(19-24-3)20(13)2/h5-7,12H,4,8-10H2,1-3H3,(H,18,22)/b19-15+/t12-/m0/s1. The lowest BCUT2D eigenvalue weighted by atomic mass is 10.2. The largest absolute Gasteiger partial charge is 0.483 e. The average Bonchev–Trinajstić information content (AvgIpc) is 3.02. The zero-order valence-electron chi connectivity index (χ0n) is 15.0. The Hall–Kier alpha value is -2.97. The number of hydrogen-bond acceptors (Lipinski definition) is 6. The van der Waals surface area contributed by atoms with Crippen molar-refractivity contribution in [3.8, 4) is 5.75 Å². The van der Waals surface area contributed by atoms with Gasteiger partial charge in [-0.2, -0.15) is 0 Å². The summed E-state index contributed by atoms with van der Waals surface area (Å²) < 4.78 is 11.0. The van der Waals surface area contributed by atoms with E-state index in [0.717, 1.165) is 5.69 Å². The van der Waals surface area contributed by atoms with Crippen LogP contribution >= 0.6 is 0 Å². The van der Waals surface area contributed by atoms with Crippen LogP contribution in [0.5, 0.6) is 5.75 Å². The molecule has 1 fully saturated rings. The van der Waals surface area contributed by atoms with E-state index >= 15 is 0 Å². The highest BCUT2D eigenvalue weighted by molar-refractivity contribution is 6.01. The van der Waals surface area contributed by atoms with Gasteiger partial charge in [-0.15, -0.1) is 0 Å². The van der Waals surface area contributed by atoms with Gasteiger partial charge in [0.2, 0.25) is 5.91 Å². The zero-order valence-corrected chi connectivity index (χ0v) is 15.0. The van der Waals surface area contributed by atoms with E-state index < -0.39 is 6.09 Å². The molecule has 9 nitrogen and oxygen atoms in total. The fraction of sp³-hybridized carbons (Fsp3) is 0.471. The second-order valence-electron chi connectivity index (χ2n) is 5.96. The summed E-state index contributed by atoms with van der Waals surface area (Å²) in [6.07, 6.45) is -0.418. The van der Waals surface area contributed by atoms with Crippen LogP contribution in [0.1, 0.15) is 13.3 Å². The Labute approximate surface area is 151 Å². The van der Waals surface area contributed by atoms with Gasteiger partial charge in [0.25, 0.3) is 0 Å². The van der Waals surface area contributed by atoms with Crippen molar-refractivity contribution in [3.63, 3.8) is 0 Å². The van der Waals surface area contributed by atoms with E-state index in [9.17, 15) is 9.59 Å². The molecule has 2 aliphatic rings. The zero-order chi connectivity index (χ0) is 18.7. The molecule has 0 saturated carbocycles. The lowest BCUT2D eigenvalue weighted by molar-refractivity contribution is -0.121. The molecule has 26 heavy (non-hydrogen) atoms. The van der Waals surface area contributed by atoms with Crippen molar-refractivity contribution in [1.29, 1.82) is 0 Å². The van der Waals surface area contributed by atoms with Crippen LogP contribution in [-0.4, -0.2) is 57.8 Å². The highest BCUT2D eigenvalue weighted by atomic mass is 16.6. The second kappa shape index (κ2) is 7.51. The van der Waals surface area contributed by atoms with Gasteiger partial charge in [0.1, 0.15) is 25.6 Å². The number of anilines is 2. The predicted molar refractivity (Wildman–Crippen MR) is 95.7 cm³/mol. The third-order valence-electron chi connectivity index (χ3n) is 4.28. The molecule has 1 aromatic carbocycles. The molecule has 0 aliphatic carbocycles. The van der Waals surface area contributed by atoms with E-state index in [1.165, 1.54) is 12.0 Å². The van der Waals surface area contributed by atoms with E-state index in [2.05, 4.69) is 10.5 Å². The SMILES string of the molecule is CCC(=O)NC[C@H]1CN(c2ccc3c(c2)OC/C(=N\OC)N3C)C(=O)O1. The van der Waals surface area contributed by atoms with E-state index in [1.54, 1.807) is 13.0 Å². The summed E-state index contributed by atoms with van der Waals surface area (Å²) in [6, 6.07) is 5.47. The Morgan fingerprint density at radius 1 is 1.46 bits per heavy atom. The van der Waals surface area contributed by atoms with Gasteiger partial charge in [0.05, 0.1) is 24.5 Å². The van der Waals surface area contributed by atoms with Crippen LogP contribution in [0.3, 0.4) is 0 Å². The molecule has 1 saturated heterocycles. The van der Waals surface area contributed by atoms with Crippen LogP contribution < -0.4 is 19.9 Å². The number of hydrogen-bond donors (Lipinski definition) is 1. The molecular weight excluding hydrogens is 340 g/mol. The van der Waals surface area contributed by atoms with E-state index in [-0.39, 0.29) is 18.6 Å². The first-order valence-electron chi connectivity index (χ1n) is 8.39. The van der Waals surface area contributed by atoms with Crippen molar-refractivity contribution in [2.45, 2.75) is 19.4 Å². The maximum Gasteiger partial charge on any atom is 0.414 e. The van der Waals surface area contributed by atoms with Crippen LogP contribution in [-0.2, 0) is 14.4 Å². The first-order valence-corrected chi connectivity index (χ1v) is 8.39. The Balaban J connectivity index is 1.72. The molecule has 0 bridgehead atoms. The van der Waals surface area contributed by atoms with E-state index in [0.29, 0.717) is 36.8 Å². The van der Waals surface area contributed by atoms with Crippen LogP contribution in [0.15, 0.2) is 23.4 Å². The Kier molecular flexibility index (Phi) is 5.15. The maximum atomic E-state index is 12.2. The van der Waals surface area contributed by atoms with Crippen LogP contribution in [0.25, 0.3) is 0 Å². The summed E-state index contributed by atoms with van der Waals surface area (Å²) in [6.45, 7) is 2.72. The molecule has 1 aromatic rings. The normalized spacial score (nSPS) is 20.5. The number of oxime groups is 1. The van der Waals surface area contributed by atoms with Crippen molar-refractivity contribution in [3.05, 3.63) is 18.2 Å². The Bertz CT molecular complexity index is 736. The minimum absolute atomic E-state index is 0.0711.